The van der Waals surface area contributed by atoms with E-state index in [4.69, 9.17) is 15.5 Å². The number of pyridine rings is 1. The number of aryl methyl sites for hydroxylation is 1. The first-order valence-corrected chi connectivity index (χ1v) is 18.8. The molecule has 48 heavy (non-hydrogen) atoms. The summed E-state index contributed by atoms with van der Waals surface area (Å²) in [5.74, 6) is -1.97. The van der Waals surface area contributed by atoms with Crippen LogP contribution in [0.15, 0.2) is 48.7 Å². The van der Waals surface area contributed by atoms with Gasteiger partial charge in [-0.3, -0.25) is 19.6 Å². The highest BCUT2D eigenvalue weighted by atomic mass is 19.3. The number of alkyl halides is 2. The van der Waals surface area contributed by atoms with Gasteiger partial charge < -0.3 is 15.4 Å². The number of carbonyl (C=O) groups excluding carboxylic acids is 1. The van der Waals surface area contributed by atoms with Gasteiger partial charge in [-0.05, 0) is 94.1 Å². The molecular formula is C39H57F2N5O2. The molecule has 2 aliphatic carbocycles. The second-order valence-corrected chi connectivity index (χ2v) is 15.0. The molecule has 2 aromatic rings. The van der Waals surface area contributed by atoms with Gasteiger partial charge >= 0.3 is 0 Å². The molecule has 0 bridgehead atoms. The Morgan fingerprint density at radius 2 is 1.88 bits per heavy atom. The number of ketones is 1. The summed E-state index contributed by atoms with van der Waals surface area (Å²) in [6.07, 6.45) is 9.15. The predicted molar refractivity (Wildman–Crippen MR) is 186 cm³/mol. The van der Waals surface area contributed by atoms with Crippen LogP contribution in [0.25, 0.3) is 0 Å². The van der Waals surface area contributed by atoms with Crippen LogP contribution < -0.4 is 5.73 Å². The van der Waals surface area contributed by atoms with Crippen molar-refractivity contribution in [1.82, 2.24) is 19.7 Å². The minimum Gasteiger partial charge on any atom is -0.381 e. The van der Waals surface area contributed by atoms with E-state index in [1.54, 1.807) is 0 Å². The molecule has 0 spiro atoms. The number of carbonyl (C=O) groups is 1. The van der Waals surface area contributed by atoms with Crippen LogP contribution in [0.5, 0.6) is 0 Å². The fraction of sp³-hybridized carbons (Fsp3) is 0.692. The molecule has 2 N–H and O–H groups in total. The van der Waals surface area contributed by atoms with Crippen molar-refractivity contribution in [2.75, 3.05) is 65.6 Å². The number of fused-ring (bicyclic) bond motifs is 1. The number of benzene rings is 1. The van der Waals surface area contributed by atoms with E-state index in [0.717, 1.165) is 97.7 Å². The monoisotopic (exact) mass is 665 g/mol. The Hall–Kier alpha value is -2.30. The van der Waals surface area contributed by atoms with Crippen LogP contribution in [0.4, 0.5) is 8.78 Å². The number of rotatable bonds is 16. The van der Waals surface area contributed by atoms with Gasteiger partial charge in [0.15, 0.2) is 0 Å². The van der Waals surface area contributed by atoms with Gasteiger partial charge in [0.1, 0.15) is 5.78 Å². The number of piperazine rings is 1. The predicted octanol–water partition coefficient (Wildman–Crippen LogP) is 6.09. The summed E-state index contributed by atoms with van der Waals surface area (Å²) in [4.78, 5) is 26.4. The molecule has 2 saturated heterocycles. The zero-order valence-electron chi connectivity index (χ0n) is 28.8. The lowest BCUT2D eigenvalue weighted by Gasteiger charge is -2.47. The van der Waals surface area contributed by atoms with Crippen molar-refractivity contribution in [1.29, 1.82) is 0 Å². The fourth-order valence-electron chi connectivity index (χ4n) is 8.56. The van der Waals surface area contributed by atoms with E-state index in [-0.39, 0.29) is 30.5 Å². The highest BCUT2D eigenvalue weighted by Crippen LogP contribution is 2.38. The van der Waals surface area contributed by atoms with E-state index in [1.165, 1.54) is 23.2 Å². The quantitative estimate of drug-likeness (QED) is 0.218. The fourth-order valence-corrected chi connectivity index (χ4v) is 8.56. The topological polar surface area (TPSA) is 74.9 Å². The van der Waals surface area contributed by atoms with Gasteiger partial charge in [0.05, 0.1) is 24.9 Å². The minimum atomic E-state index is -2.61. The van der Waals surface area contributed by atoms with E-state index in [0.29, 0.717) is 37.3 Å². The van der Waals surface area contributed by atoms with Crippen molar-refractivity contribution in [2.45, 2.75) is 94.6 Å². The number of nitrogens with two attached hydrogens (primary N) is 1. The lowest BCUT2D eigenvalue weighted by atomic mass is 9.79. The molecule has 1 saturated carbocycles. The first-order valence-electron chi connectivity index (χ1n) is 18.8. The molecule has 3 atom stereocenters. The van der Waals surface area contributed by atoms with Crippen molar-refractivity contribution in [2.24, 2.45) is 17.6 Å². The van der Waals surface area contributed by atoms with Crippen molar-refractivity contribution < 1.29 is 18.3 Å². The molecule has 4 aliphatic rings. The van der Waals surface area contributed by atoms with E-state index >= 15 is 0 Å². The van der Waals surface area contributed by atoms with E-state index in [2.05, 4.69) is 39.0 Å². The molecule has 264 valence electrons. The minimum absolute atomic E-state index is 0.0994. The third-order valence-corrected chi connectivity index (χ3v) is 11.5. The lowest BCUT2D eigenvalue weighted by Crippen LogP contribution is -2.59. The summed E-state index contributed by atoms with van der Waals surface area (Å²) in [7, 11) is 0. The summed E-state index contributed by atoms with van der Waals surface area (Å²) in [6, 6.07) is 15.4. The number of ether oxygens (including phenoxy) is 1. The number of hydrogen-bond acceptors (Lipinski definition) is 7. The summed E-state index contributed by atoms with van der Waals surface area (Å²) in [5, 5.41) is 0. The Balaban J connectivity index is 1.14. The molecule has 0 unspecified atom stereocenters. The number of Topliss-reactive ketones (excluding diaryl/α,β-unsaturated/α-hetero) is 1. The van der Waals surface area contributed by atoms with Crippen molar-refractivity contribution in [3.63, 3.8) is 0 Å². The maximum atomic E-state index is 13.8. The van der Waals surface area contributed by atoms with Crippen LogP contribution in [0.1, 0.15) is 93.0 Å². The normalized spacial score (nSPS) is 24.7. The average Bonchev–Trinajstić information content (AvgIpc) is 3.08. The SMILES string of the molecule is NCCCCN(C[C@H]1CN(CC[C@H](CC(=O)C2CCC(F)(F)CC2)c2ccccc2)CCN1CC1COC1)[C@H]1CCCc2cccnc21. The molecule has 2 aliphatic heterocycles. The Morgan fingerprint density at radius 1 is 1.06 bits per heavy atom. The maximum absolute atomic E-state index is 13.8. The number of unbranched alkanes of at least 4 members (excludes halogenated alkanes) is 1. The van der Waals surface area contributed by atoms with Crippen molar-refractivity contribution in [3.8, 4) is 0 Å². The molecule has 6 rings (SSSR count). The van der Waals surface area contributed by atoms with Crippen molar-refractivity contribution in [3.05, 3.63) is 65.5 Å². The van der Waals surface area contributed by atoms with Crippen LogP contribution in [-0.4, -0.2) is 103 Å². The Bertz CT molecular complexity index is 1280. The smallest absolute Gasteiger partial charge is 0.248 e. The summed E-state index contributed by atoms with van der Waals surface area (Å²) >= 11 is 0. The molecule has 3 fully saturated rings. The van der Waals surface area contributed by atoms with Gasteiger partial charge in [0.2, 0.25) is 5.92 Å². The second-order valence-electron chi connectivity index (χ2n) is 15.0. The number of nitrogens with zero attached hydrogens (tertiary/aromatic N) is 4. The maximum Gasteiger partial charge on any atom is 0.248 e. The Labute approximate surface area is 286 Å². The summed E-state index contributed by atoms with van der Waals surface area (Å²) in [5.41, 5.74) is 9.79. The highest BCUT2D eigenvalue weighted by Gasteiger charge is 2.38. The average molecular weight is 666 g/mol. The summed E-state index contributed by atoms with van der Waals surface area (Å²) < 4.78 is 33.3. The number of hydrogen-bond donors (Lipinski definition) is 1. The first-order chi connectivity index (χ1) is 23.4. The largest absolute Gasteiger partial charge is 0.381 e. The zero-order valence-corrected chi connectivity index (χ0v) is 28.8. The lowest BCUT2D eigenvalue weighted by molar-refractivity contribution is -0.127. The Morgan fingerprint density at radius 3 is 2.62 bits per heavy atom. The molecular weight excluding hydrogens is 608 g/mol. The van der Waals surface area contributed by atoms with E-state index in [9.17, 15) is 13.6 Å². The number of halogens is 2. The Kier molecular flexibility index (Phi) is 12.6. The molecule has 1 aromatic heterocycles. The third-order valence-electron chi connectivity index (χ3n) is 11.5. The zero-order chi connectivity index (χ0) is 33.3. The highest BCUT2D eigenvalue weighted by molar-refractivity contribution is 5.82. The van der Waals surface area contributed by atoms with Crippen LogP contribution >= 0.6 is 0 Å². The standard InChI is InChI=1S/C39H57F2N5O2/c40-39(41)16-13-32(14-17-39)37(47)24-34(31-8-2-1-3-9-31)15-21-44-22-23-45(25-30-28-48-29-30)35(26-44)27-46(20-5-4-18-42)36-12-6-10-33-11-7-19-43-38(33)36/h1-3,7-9,11,19,30,32,34-36H,4-6,10,12-18,20-29,42H2/t34-,35-,36+/m1/s1. The van der Waals surface area contributed by atoms with Gasteiger partial charge in [0.25, 0.3) is 0 Å². The molecule has 9 heteroatoms. The van der Waals surface area contributed by atoms with Crippen LogP contribution in [0, 0.1) is 11.8 Å². The van der Waals surface area contributed by atoms with E-state index in [1.807, 2.05) is 24.4 Å². The molecule has 1 aromatic carbocycles. The molecule has 3 heterocycles. The molecule has 7 nitrogen and oxygen atoms in total. The van der Waals surface area contributed by atoms with Gasteiger partial charge in [-0.25, -0.2) is 8.78 Å². The number of aromatic nitrogens is 1. The third kappa shape index (κ3) is 9.48. The van der Waals surface area contributed by atoms with Crippen molar-refractivity contribution >= 4 is 5.78 Å². The van der Waals surface area contributed by atoms with Crippen LogP contribution in [0.2, 0.25) is 0 Å². The molecule has 0 amide bonds. The molecule has 0 radical (unpaired) electrons. The van der Waals surface area contributed by atoms with Gasteiger partial charge in [-0.2, -0.15) is 0 Å². The van der Waals surface area contributed by atoms with Crippen LogP contribution in [0.3, 0.4) is 0 Å². The van der Waals surface area contributed by atoms with Gasteiger partial charge in [-0.1, -0.05) is 36.4 Å². The first kappa shape index (κ1) is 35.5. The van der Waals surface area contributed by atoms with Crippen LogP contribution in [-0.2, 0) is 16.0 Å². The van der Waals surface area contributed by atoms with Gasteiger partial charge in [0, 0.05) is 76.1 Å². The van der Waals surface area contributed by atoms with E-state index < -0.39 is 5.92 Å². The summed E-state index contributed by atoms with van der Waals surface area (Å²) in [6.45, 7) is 9.51. The second kappa shape index (κ2) is 17.1. The van der Waals surface area contributed by atoms with Gasteiger partial charge in [-0.15, -0.1) is 0 Å².